The molecule has 4 amide bonds. The van der Waals surface area contributed by atoms with E-state index in [-0.39, 0.29) is 30.5 Å². The Morgan fingerprint density at radius 2 is 1.71 bits per heavy atom. The highest BCUT2D eigenvalue weighted by Crippen LogP contribution is 2.54. The van der Waals surface area contributed by atoms with Gasteiger partial charge in [0.1, 0.15) is 6.04 Å². The fourth-order valence-corrected chi connectivity index (χ4v) is 5.59. The van der Waals surface area contributed by atoms with Crippen molar-refractivity contribution in [1.29, 1.82) is 0 Å². The second-order valence-corrected chi connectivity index (χ2v) is 9.04. The summed E-state index contributed by atoms with van der Waals surface area (Å²) in [4.78, 5) is 52.6. The molecule has 1 atom stereocenters. The Labute approximate surface area is 179 Å². The first kappa shape index (κ1) is 20.1. The maximum Gasteiger partial charge on any atom is 0.262 e. The van der Waals surface area contributed by atoms with Gasteiger partial charge in [0, 0.05) is 50.8 Å². The molecule has 1 aliphatic carbocycles. The van der Waals surface area contributed by atoms with Gasteiger partial charge in [-0.2, -0.15) is 0 Å². The summed E-state index contributed by atoms with van der Waals surface area (Å²) in [6, 6.07) is 4.32. The van der Waals surface area contributed by atoms with Crippen LogP contribution in [0.3, 0.4) is 0 Å². The lowest BCUT2D eigenvalue weighted by Gasteiger charge is -2.60. The SMILES string of the molecule is COC(OC)C1CC2(C1)CN(c1ccc3c(c1)C(=O)N(C1CCC(=O)NC1=O)C3=O)C2. The minimum absolute atomic E-state index is 0.110. The highest BCUT2D eigenvalue weighted by molar-refractivity contribution is 6.23. The van der Waals surface area contributed by atoms with Gasteiger partial charge in [-0.1, -0.05) is 0 Å². The number of nitrogens with zero attached hydrogens (tertiary/aromatic N) is 2. The summed E-state index contributed by atoms with van der Waals surface area (Å²) >= 11 is 0. The zero-order chi connectivity index (χ0) is 21.9. The second kappa shape index (κ2) is 7.13. The number of rotatable bonds is 5. The predicted molar refractivity (Wildman–Crippen MR) is 108 cm³/mol. The minimum atomic E-state index is -0.942. The van der Waals surface area contributed by atoms with E-state index in [2.05, 4.69) is 10.2 Å². The molecule has 0 aromatic heterocycles. The van der Waals surface area contributed by atoms with Crippen molar-refractivity contribution in [3.05, 3.63) is 29.3 Å². The average molecular weight is 427 g/mol. The fourth-order valence-electron chi connectivity index (χ4n) is 5.59. The molecule has 3 aliphatic heterocycles. The molecular formula is C22H25N3O6. The van der Waals surface area contributed by atoms with Crippen molar-refractivity contribution in [2.75, 3.05) is 32.2 Å². The van der Waals surface area contributed by atoms with Crippen molar-refractivity contribution in [3.8, 4) is 0 Å². The topological polar surface area (TPSA) is 105 Å². The van der Waals surface area contributed by atoms with E-state index < -0.39 is 23.8 Å². The van der Waals surface area contributed by atoms with Crippen molar-refractivity contribution < 1.29 is 28.7 Å². The highest BCUT2D eigenvalue weighted by atomic mass is 16.7. The fraction of sp³-hybridized carbons (Fsp3) is 0.545. The van der Waals surface area contributed by atoms with E-state index in [1.807, 2.05) is 6.07 Å². The molecule has 1 aromatic carbocycles. The molecule has 2 saturated heterocycles. The van der Waals surface area contributed by atoms with E-state index in [0.717, 1.165) is 36.5 Å². The molecule has 1 N–H and O–H groups in total. The second-order valence-electron chi connectivity index (χ2n) is 9.04. The van der Waals surface area contributed by atoms with Crippen molar-refractivity contribution in [2.24, 2.45) is 11.3 Å². The van der Waals surface area contributed by atoms with E-state index in [0.29, 0.717) is 17.0 Å². The lowest BCUT2D eigenvalue weighted by molar-refractivity contribution is -0.184. The monoisotopic (exact) mass is 427 g/mol. The number of carbonyl (C=O) groups excluding carboxylic acids is 4. The third kappa shape index (κ3) is 3.06. The lowest BCUT2D eigenvalue weighted by atomic mass is 9.57. The first-order chi connectivity index (χ1) is 14.9. The van der Waals surface area contributed by atoms with Crippen LogP contribution in [0.25, 0.3) is 0 Å². The Kier molecular flexibility index (Phi) is 4.63. The van der Waals surface area contributed by atoms with Crippen LogP contribution in [-0.4, -0.2) is 68.2 Å². The van der Waals surface area contributed by atoms with Crippen LogP contribution in [0.5, 0.6) is 0 Å². The van der Waals surface area contributed by atoms with Gasteiger partial charge >= 0.3 is 0 Å². The van der Waals surface area contributed by atoms with Crippen molar-refractivity contribution in [2.45, 2.75) is 38.0 Å². The first-order valence-corrected chi connectivity index (χ1v) is 10.5. The van der Waals surface area contributed by atoms with Gasteiger partial charge in [0.2, 0.25) is 11.8 Å². The molecule has 4 aliphatic rings. The maximum atomic E-state index is 13.0. The number of hydrogen-bond donors (Lipinski definition) is 1. The molecule has 1 saturated carbocycles. The van der Waals surface area contributed by atoms with E-state index >= 15 is 0 Å². The van der Waals surface area contributed by atoms with Crippen LogP contribution in [0.1, 0.15) is 46.4 Å². The van der Waals surface area contributed by atoms with Gasteiger partial charge in [-0.3, -0.25) is 29.4 Å². The zero-order valence-electron chi connectivity index (χ0n) is 17.6. The van der Waals surface area contributed by atoms with E-state index in [9.17, 15) is 19.2 Å². The molecule has 9 heteroatoms. The number of anilines is 1. The average Bonchev–Trinajstić information content (AvgIpc) is 2.93. The van der Waals surface area contributed by atoms with Crippen LogP contribution >= 0.6 is 0 Å². The Bertz CT molecular complexity index is 973. The standard InChI is InChI=1S/C22H25N3O6/c1-30-21(31-2)12-8-22(9-12)10-24(11-22)13-3-4-14-15(7-13)20(29)25(19(14)28)16-5-6-17(26)23-18(16)27/h3-4,7,12,16,21H,5-6,8-11H2,1-2H3,(H,23,26,27). The highest BCUT2D eigenvalue weighted by Gasteiger charge is 2.55. The van der Waals surface area contributed by atoms with Crippen LogP contribution in [-0.2, 0) is 19.1 Å². The largest absolute Gasteiger partial charge is 0.370 e. The quantitative estimate of drug-likeness (QED) is 0.550. The lowest BCUT2D eigenvalue weighted by Crippen LogP contribution is -2.64. The summed E-state index contributed by atoms with van der Waals surface area (Å²) in [5.41, 5.74) is 1.78. The molecule has 31 heavy (non-hydrogen) atoms. The van der Waals surface area contributed by atoms with Gasteiger partial charge in [0.05, 0.1) is 11.1 Å². The number of piperidine rings is 1. The third-order valence-electron chi connectivity index (χ3n) is 7.08. The molecule has 3 fully saturated rings. The summed E-state index contributed by atoms with van der Waals surface area (Å²) in [6.45, 7) is 1.78. The number of nitrogens with one attached hydrogen (secondary N) is 1. The Morgan fingerprint density at radius 3 is 2.35 bits per heavy atom. The van der Waals surface area contributed by atoms with E-state index in [1.54, 1.807) is 26.4 Å². The molecule has 0 bridgehead atoms. The number of carbonyl (C=O) groups is 4. The molecule has 9 nitrogen and oxygen atoms in total. The van der Waals surface area contributed by atoms with Gasteiger partial charge < -0.3 is 14.4 Å². The van der Waals surface area contributed by atoms with Gasteiger partial charge in [-0.15, -0.1) is 0 Å². The predicted octanol–water partition coefficient (Wildman–Crippen LogP) is 0.923. The molecular weight excluding hydrogens is 402 g/mol. The molecule has 5 rings (SSSR count). The summed E-state index contributed by atoms with van der Waals surface area (Å²) < 4.78 is 10.7. The van der Waals surface area contributed by atoms with Crippen LogP contribution in [0.4, 0.5) is 5.69 Å². The zero-order valence-corrected chi connectivity index (χ0v) is 17.6. The summed E-state index contributed by atoms with van der Waals surface area (Å²) in [7, 11) is 3.32. The van der Waals surface area contributed by atoms with Crippen LogP contribution < -0.4 is 10.2 Å². The van der Waals surface area contributed by atoms with Crippen molar-refractivity contribution in [3.63, 3.8) is 0 Å². The molecule has 1 aromatic rings. The normalized spacial score (nSPS) is 25.1. The van der Waals surface area contributed by atoms with Crippen molar-refractivity contribution >= 4 is 29.3 Å². The number of hydrogen-bond acceptors (Lipinski definition) is 7. The molecule has 1 unspecified atom stereocenters. The first-order valence-electron chi connectivity index (χ1n) is 10.5. The Hall–Kier alpha value is -2.78. The summed E-state index contributed by atoms with van der Waals surface area (Å²) in [5.74, 6) is -1.53. The number of methoxy groups -OCH3 is 2. The van der Waals surface area contributed by atoms with Gasteiger partial charge in [-0.05, 0) is 37.5 Å². The van der Waals surface area contributed by atoms with E-state index in [1.165, 1.54) is 0 Å². The number of benzene rings is 1. The third-order valence-corrected chi connectivity index (χ3v) is 7.08. The maximum absolute atomic E-state index is 13.0. The molecule has 3 heterocycles. The summed E-state index contributed by atoms with van der Waals surface area (Å²) in [6.07, 6.45) is 2.19. The number of fused-ring (bicyclic) bond motifs is 1. The van der Waals surface area contributed by atoms with Gasteiger partial charge in [-0.25, -0.2) is 0 Å². The Balaban J connectivity index is 1.28. The summed E-state index contributed by atoms with van der Waals surface area (Å²) in [5, 5.41) is 2.21. The van der Waals surface area contributed by atoms with Gasteiger partial charge in [0.15, 0.2) is 6.29 Å². The van der Waals surface area contributed by atoms with E-state index in [4.69, 9.17) is 9.47 Å². The van der Waals surface area contributed by atoms with Crippen LogP contribution in [0.15, 0.2) is 18.2 Å². The Morgan fingerprint density at radius 1 is 1.03 bits per heavy atom. The number of imide groups is 2. The molecule has 164 valence electrons. The van der Waals surface area contributed by atoms with Gasteiger partial charge in [0.25, 0.3) is 11.8 Å². The van der Waals surface area contributed by atoms with Crippen molar-refractivity contribution in [1.82, 2.24) is 10.2 Å². The van der Waals surface area contributed by atoms with Crippen LogP contribution in [0.2, 0.25) is 0 Å². The minimum Gasteiger partial charge on any atom is -0.370 e. The molecule has 1 spiro atoms. The smallest absolute Gasteiger partial charge is 0.262 e. The number of ether oxygens (including phenoxy) is 2. The molecule has 0 radical (unpaired) electrons. The van der Waals surface area contributed by atoms with Crippen LogP contribution in [0, 0.1) is 11.3 Å². The number of amides is 4.